The van der Waals surface area contributed by atoms with Gasteiger partial charge in [0.15, 0.2) is 0 Å². The molecule has 1 aromatic rings. The molecule has 2 rings (SSSR count). The molecular formula is C15H26N4. The molecule has 0 unspecified atom stereocenters. The molecule has 0 spiro atoms. The third kappa shape index (κ3) is 3.91. The fourth-order valence-corrected chi connectivity index (χ4v) is 2.68. The highest BCUT2D eigenvalue weighted by molar-refractivity contribution is 5.43. The van der Waals surface area contributed by atoms with E-state index in [0.29, 0.717) is 6.54 Å². The first-order valence-corrected chi connectivity index (χ1v) is 7.23. The van der Waals surface area contributed by atoms with Crippen LogP contribution in [-0.4, -0.2) is 42.6 Å². The van der Waals surface area contributed by atoms with Crippen molar-refractivity contribution < 1.29 is 0 Å². The highest BCUT2D eigenvalue weighted by Gasteiger charge is 2.18. The highest BCUT2D eigenvalue weighted by Crippen LogP contribution is 2.17. The van der Waals surface area contributed by atoms with E-state index in [9.17, 15) is 0 Å². The molecule has 2 heterocycles. The molecule has 0 aliphatic carbocycles. The Labute approximate surface area is 116 Å². The number of nitrogens with zero attached hydrogens (tertiary/aromatic N) is 3. The predicted molar refractivity (Wildman–Crippen MR) is 80.4 cm³/mol. The average molecular weight is 262 g/mol. The highest BCUT2D eigenvalue weighted by atomic mass is 15.3. The van der Waals surface area contributed by atoms with Crippen LogP contribution in [0.1, 0.15) is 25.1 Å². The van der Waals surface area contributed by atoms with Crippen LogP contribution in [0.4, 0.5) is 5.82 Å². The van der Waals surface area contributed by atoms with Crippen molar-refractivity contribution in [2.45, 2.75) is 27.3 Å². The summed E-state index contributed by atoms with van der Waals surface area (Å²) in [5, 5.41) is 0. The fourth-order valence-electron chi connectivity index (χ4n) is 2.68. The van der Waals surface area contributed by atoms with E-state index in [1.54, 1.807) is 0 Å². The summed E-state index contributed by atoms with van der Waals surface area (Å²) in [5.41, 5.74) is 7.97. The molecule has 0 radical (unpaired) electrons. The van der Waals surface area contributed by atoms with E-state index in [0.717, 1.165) is 43.6 Å². The number of pyridine rings is 1. The quantitative estimate of drug-likeness (QED) is 0.896. The van der Waals surface area contributed by atoms with Crippen LogP contribution in [0.25, 0.3) is 0 Å². The van der Waals surface area contributed by atoms with Crippen LogP contribution in [-0.2, 0) is 6.54 Å². The Hall–Kier alpha value is -1.13. The van der Waals surface area contributed by atoms with Gasteiger partial charge < -0.3 is 10.6 Å². The largest absolute Gasteiger partial charge is 0.354 e. The Morgan fingerprint density at radius 2 is 1.89 bits per heavy atom. The molecule has 4 heteroatoms. The number of aryl methyl sites for hydroxylation is 1. The summed E-state index contributed by atoms with van der Waals surface area (Å²) >= 11 is 0. The number of piperazine rings is 1. The Morgan fingerprint density at radius 3 is 2.47 bits per heavy atom. The van der Waals surface area contributed by atoms with Crippen molar-refractivity contribution in [3.63, 3.8) is 0 Å². The van der Waals surface area contributed by atoms with Crippen LogP contribution in [0.5, 0.6) is 0 Å². The van der Waals surface area contributed by atoms with Crippen molar-refractivity contribution in [3.05, 3.63) is 23.4 Å². The summed E-state index contributed by atoms with van der Waals surface area (Å²) in [6.45, 7) is 12.8. The van der Waals surface area contributed by atoms with Gasteiger partial charge in [0, 0.05) is 45.0 Å². The van der Waals surface area contributed by atoms with Crippen molar-refractivity contribution in [2.24, 2.45) is 11.7 Å². The smallest absolute Gasteiger partial charge is 0.129 e. The lowest BCUT2D eigenvalue weighted by Gasteiger charge is -2.36. The molecule has 1 saturated heterocycles. The van der Waals surface area contributed by atoms with Gasteiger partial charge >= 0.3 is 0 Å². The maximum atomic E-state index is 5.74. The monoisotopic (exact) mass is 262 g/mol. The zero-order valence-electron chi connectivity index (χ0n) is 12.4. The normalized spacial score (nSPS) is 17.2. The summed E-state index contributed by atoms with van der Waals surface area (Å²) < 4.78 is 0. The third-order valence-electron chi connectivity index (χ3n) is 3.56. The minimum Gasteiger partial charge on any atom is -0.354 e. The van der Waals surface area contributed by atoms with Gasteiger partial charge in [-0.2, -0.15) is 0 Å². The SMILES string of the molecule is Cc1cc(CN)cc(N2CCN(CC(C)C)CC2)n1. The van der Waals surface area contributed by atoms with E-state index in [-0.39, 0.29) is 0 Å². The molecule has 0 bridgehead atoms. The number of hydrogen-bond donors (Lipinski definition) is 1. The molecule has 4 nitrogen and oxygen atoms in total. The molecule has 19 heavy (non-hydrogen) atoms. The van der Waals surface area contributed by atoms with Crippen LogP contribution >= 0.6 is 0 Å². The van der Waals surface area contributed by atoms with E-state index >= 15 is 0 Å². The molecule has 2 N–H and O–H groups in total. The van der Waals surface area contributed by atoms with Crippen LogP contribution in [0.2, 0.25) is 0 Å². The standard InChI is InChI=1S/C15H26N4/c1-12(2)11-18-4-6-19(7-5-18)15-9-14(10-16)8-13(3)17-15/h8-9,12H,4-7,10-11,16H2,1-3H3. The second-order valence-electron chi connectivity index (χ2n) is 5.86. The van der Waals surface area contributed by atoms with Gasteiger partial charge in [-0.1, -0.05) is 13.8 Å². The molecule has 1 aliphatic rings. The molecular weight excluding hydrogens is 236 g/mol. The van der Waals surface area contributed by atoms with Gasteiger partial charge in [0.25, 0.3) is 0 Å². The second-order valence-corrected chi connectivity index (χ2v) is 5.86. The maximum absolute atomic E-state index is 5.74. The first kappa shape index (κ1) is 14.3. The van der Waals surface area contributed by atoms with Gasteiger partial charge in [0.1, 0.15) is 5.82 Å². The van der Waals surface area contributed by atoms with Gasteiger partial charge in [-0.3, -0.25) is 4.90 Å². The fraction of sp³-hybridized carbons (Fsp3) is 0.667. The third-order valence-corrected chi connectivity index (χ3v) is 3.56. The van der Waals surface area contributed by atoms with E-state index in [1.165, 1.54) is 12.1 Å². The summed E-state index contributed by atoms with van der Waals surface area (Å²) in [6, 6.07) is 4.20. The predicted octanol–water partition coefficient (Wildman–Crippen LogP) is 1.63. The Morgan fingerprint density at radius 1 is 1.21 bits per heavy atom. The van der Waals surface area contributed by atoms with Gasteiger partial charge in [-0.15, -0.1) is 0 Å². The topological polar surface area (TPSA) is 45.4 Å². The van der Waals surface area contributed by atoms with Crippen LogP contribution < -0.4 is 10.6 Å². The minimum absolute atomic E-state index is 0.587. The summed E-state index contributed by atoms with van der Waals surface area (Å²) in [4.78, 5) is 9.56. The number of rotatable bonds is 4. The summed E-state index contributed by atoms with van der Waals surface area (Å²) in [6.07, 6.45) is 0. The van der Waals surface area contributed by atoms with E-state index in [1.807, 2.05) is 6.92 Å². The van der Waals surface area contributed by atoms with Gasteiger partial charge in [-0.25, -0.2) is 4.98 Å². The van der Waals surface area contributed by atoms with Crippen LogP contribution in [0.3, 0.4) is 0 Å². The Kier molecular flexibility index (Phi) is 4.77. The molecule has 1 aromatic heterocycles. The lowest BCUT2D eigenvalue weighted by molar-refractivity contribution is 0.231. The zero-order valence-corrected chi connectivity index (χ0v) is 12.4. The van der Waals surface area contributed by atoms with E-state index < -0.39 is 0 Å². The molecule has 1 aliphatic heterocycles. The Balaban J connectivity index is 1.99. The minimum atomic E-state index is 0.587. The average Bonchev–Trinajstić information content (AvgIpc) is 2.38. The number of anilines is 1. The number of aromatic nitrogens is 1. The van der Waals surface area contributed by atoms with Crippen molar-refractivity contribution >= 4 is 5.82 Å². The molecule has 1 fully saturated rings. The first-order valence-electron chi connectivity index (χ1n) is 7.23. The van der Waals surface area contributed by atoms with Gasteiger partial charge in [0.2, 0.25) is 0 Å². The van der Waals surface area contributed by atoms with Crippen LogP contribution in [0.15, 0.2) is 12.1 Å². The van der Waals surface area contributed by atoms with E-state index in [2.05, 4.69) is 40.8 Å². The summed E-state index contributed by atoms with van der Waals surface area (Å²) in [5.74, 6) is 1.83. The molecule has 0 amide bonds. The zero-order chi connectivity index (χ0) is 13.8. The number of nitrogens with two attached hydrogens (primary N) is 1. The van der Waals surface area contributed by atoms with Crippen molar-refractivity contribution in [1.82, 2.24) is 9.88 Å². The van der Waals surface area contributed by atoms with Gasteiger partial charge in [0.05, 0.1) is 0 Å². The van der Waals surface area contributed by atoms with Crippen molar-refractivity contribution in [1.29, 1.82) is 0 Å². The number of hydrogen-bond acceptors (Lipinski definition) is 4. The van der Waals surface area contributed by atoms with E-state index in [4.69, 9.17) is 5.73 Å². The molecule has 0 saturated carbocycles. The Bertz CT molecular complexity index is 409. The first-order chi connectivity index (χ1) is 9.08. The van der Waals surface area contributed by atoms with Gasteiger partial charge in [-0.05, 0) is 30.5 Å². The maximum Gasteiger partial charge on any atom is 0.129 e. The second kappa shape index (κ2) is 6.35. The van der Waals surface area contributed by atoms with Crippen molar-refractivity contribution in [3.8, 4) is 0 Å². The molecule has 0 atom stereocenters. The van der Waals surface area contributed by atoms with Crippen molar-refractivity contribution in [2.75, 3.05) is 37.6 Å². The molecule has 106 valence electrons. The summed E-state index contributed by atoms with van der Waals surface area (Å²) in [7, 11) is 0. The molecule has 0 aromatic carbocycles. The van der Waals surface area contributed by atoms with Crippen LogP contribution in [0, 0.1) is 12.8 Å². The lowest BCUT2D eigenvalue weighted by Crippen LogP contribution is -2.47. The lowest BCUT2D eigenvalue weighted by atomic mass is 10.2.